The lowest BCUT2D eigenvalue weighted by atomic mass is 9.92. The van der Waals surface area contributed by atoms with Crippen molar-refractivity contribution in [3.8, 4) is 44.5 Å². The molecule has 6 rings (SSSR count). The highest BCUT2D eigenvalue weighted by Crippen LogP contribution is 2.35. The fourth-order valence-electron chi connectivity index (χ4n) is 5.07. The van der Waals surface area contributed by atoms with Gasteiger partial charge in [0.15, 0.2) is 0 Å². The Bertz CT molecular complexity index is 1550. The molecular formula is C36H29N. The minimum Gasteiger partial charge on any atom is -0.381 e. The zero-order chi connectivity index (χ0) is 25.0. The van der Waals surface area contributed by atoms with Gasteiger partial charge in [-0.05, 0) is 92.9 Å². The van der Waals surface area contributed by atoms with Gasteiger partial charge < -0.3 is 5.32 Å². The van der Waals surface area contributed by atoms with Gasteiger partial charge in [-0.15, -0.1) is 0 Å². The van der Waals surface area contributed by atoms with Gasteiger partial charge in [-0.2, -0.15) is 0 Å². The molecule has 178 valence electrons. The molecule has 0 amide bonds. The van der Waals surface area contributed by atoms with Crippen LogP contribution in [-0.4, -0.2) is 6.54 Å². The molecule has 0 bridgehead atoms. The van der Waals surface area contributed by atoms with E-state index in [2.05, 4.69) is 152 Å². The van der Waals surface area contributed by atoms with E-state index in [-0.39, 0.29) is 0 Å². The summed E-state index contributed by atoms with van der Waals surface area (Å²) in [5, 5.41) is 3.54. The third kappa shape index (κ3) is 4.90. The molecule has 0 radical (unpaired) electrons. The number of benzene rings is 5. The summed E-state index contributed by atoms with van der Waals surface area (Å²) in [6.45, 7) is 3.03. The Labute approximate surface area is 219 Å². The number of dihydropyridines is 1. The number of hydrogen-bond donors (Lipinski definition) is 1. The Morgan fingerprint density at radius 1 is 0.432 bits per heavy atom. The van der Waals surface area contributed by atoms with Crippen molar-refractivity contribution in [3.05, 3.63) is 151 Å². The summed E-state index contributed by atoms with van der Waals surface area (Å²) in [5.41, 5.74) is 13.5. The molecule has 0 atom stereocenters. The van der Waals surface area contributed by atoms with Crippen molar-refractivity contribution in [1.29, 1.82) is 0 Å². The van der Waals surface area contributed by atoms with E-state index in [9.17, 15) is 0 Å². The summed E-state index contributed by atoms with van der Waals surface area (Å²) in [6.07, 6.45) is 4.36. The molecule has 37 heavy (non-hydrogen) atoms. The number of hydrogen-bond acceptors (Lipinski definition) is 1. The minimum absolute atomic E-state index is 0.869. The molecule has 0 aliphatic carbocycles. The van der Waals surface area contributed by atoms with Crippen LogP contribution in [0, 0.1) is 0 Å². The van der Waals surface area contributed by atoms with E-state index in [0.29, 0.717) is 0 Å². The van der Waals surface area contributed by atoms with Gasteiger partial charge in [-0.25, -0.2) is 0 Å². The maximum Gasteiger partial charge on any atom is 0.0446 e. The summed E-state index contributed by atoms with van der Waals surface area (Å²) < 4.78 is 0. The molecule has 0 unspecified atom stereocenters. The maximum atomic E-state index is 3.54. The van der Waals surface area contributed by atoms with Crippen molar-refractivity contribution in [2.45, 2.75) is 6.92 Å². The average Bonchev–Trinajstić information content (AvgIpc) is 2.98. The first kappa shape index (κ1) is 22.8. The van der Waals surface area contributed by atoms with Crippen LogP contribution in [0.15, 0.2) is 145 Å². The highest BCUT2D eigenvalue weighted by molar-refractivity contribution is 5.83. The molecule has 5 aromatic carbocycles. The lowest BCUT2D eigenvalue weighted by Crippen LogP contribution is -2.16. The smallest absolute Gasteiger partial charge is 0.0446 e. The van der Waals surface area contributed by atoms with Crippen LogP contribution in [-0.2, 0) is 0 Å². The predicted molar refractivity (Wildman–Crippen MR) is 158 cm³/mol. The van der Waals surface area contributed by atoms with E-state index in [4.69, 9.17) is 0 Å². The zero-order valence-corrected chi connectivity index (χ0v) is 21.0. The minimum atomic E-state index is 0.869. The third-order valence-electron chi connectivity index (χ3n) is 6.99. The van der Waals surface area contributed by atoms with E-state index in [1.807, 2.05) is 0 Å². The molecule has 1 aliphatic heterocycles. The first-order valence-corrected chi connectivity index (χ1v) is 12.8. The summed E-state index contributed by atoms with van der Waals surface area (Å²) >= 11 is 0. The molecule has 0 saturated heterocycles. The zero-order valence-electron chi connectivity index (χ0n) is 21.0. The highest BCUT2D eigenvalue weighted by Gasteiger charge is 2.11. The SMILES string of the molecule is CC1=C(c2cccc(-c3cccc(-c4cc(-c5ccccc5)cc(-c5ccccc5)c4)c3)c2)NCC=C1. The fraction of sp³-hybridized carbons (Fsp3) is 0.0556. The molecule has 0 spiro atoms. The van der Waals surface area contributed by atoms with E-state index in [1.165, 1.54) is 61.3 Å². The van der Waals surface area contributed by atoms with Crippen molar-refractivity contribution < 1.29 is 0 Å². The van der Waals surface area contributed by atoms with E-state index >= 15 is 0 Å². The van der Waals surface area contributed by atoms with Crippen LogP contribution >= 0.6 is 0 Å². The first-order chi connectivity index (χ1) is 18.2. The molecule has 5 aromatic rings. The van der Waals surface area contributed by atoms with Crippen LogP contribution in [0.5, 0.6) is 0 Å². The molecule has 1 heteroatoms. The highest BCUT2D eigenvalue weighted by atomic mass is 14.9. The van der Waals surface area contributed by atoms with E-state index in [1.54, 1.807) is 0 Å². The van der Waals surface area contributed by atoms with Crippen LogP contribution in [0.2, 0.25) is 0 Å². The number of allylic oxidation sites excluding steroid dienone is 2. The van der Waals surface area contributed by atoms with Gasteiger partial charge in [0.25, 0.3) is 0 Å². The Hall–Kier alpha value is -4.62. The molecule has 1 N–H and O–H groups in total. The van der Waals surface area contributed by atoms with E-state index < -0.39 is 0 Å². The molecule has 0 fully saturated rings. The van der Waals surface area contributed by atoms with Crippen LogP contribution in [0.3, 0.4) is 0 Å². The van der Waals surface area contributed by atoms with Crippen molar-refractivity contribution >= 4 is 5.70 Å². The normalized spacial score (nSPS) is 12.9. The van der Waals surface area contributed by atoms with Gasteiger partial charge in [0, 0.05) is 12.2 Å². The molecule has 0 aromatic heterocycles. The summed E-state index contributed by atoms with van der Waals surface area (Å²) in [6, 6.07) is 45.9. The second-order valence-electron chi connectivity index (χ2n) is 9.53. The monoisotopic (exact) mass is 475 g/mol. The first-order valence-electron chi connectivity index (χ1n) is 12.8. The summed E-state index contributed by atoms with van der Waals surface area (Å²) in [7, 11) is 0. The van der Waals surface area contributed by atoms with Crippen molar-refractivity contribution in [3.63, 3.8) is 0 Å². The molecular weight excluding hydrogens is 446 g/mol. The fourth-order valence-corrected chi connectivity index (χ4v) is 5.07. The Morgan fingerprint density at radius 3 is 1.38 bits per heavy atom. The van der Waals surface area contributed by atoms with Gasteiger partial charge in [0.2, 0.25) is 0 Å². The Balaban J connectivity index is 1.44. The average molecular weight is 476 g/mol. The van der Waals surface area contributed by atoms with Gasteiger partial charge in [-0.1, -0.05) is 109 Å². The van der Waals surface area contributed by atoms with Crippen LogP contribution < -0.4 is 5.32 Å². The van der Waals surface area contributed by atoms with Crippen molar-refractivity contribution in [2.24, 2.45) is 0 Å². The lowest BCUT2D eigenvalue weighted by molar-refractivity contribution is 0.980. The predicted octanol–water partition coefficient (Wildman–Crippen LogP) is 9.25. The largest absolute Gasteiger partial charge is 0.381 e. The number of rotatable bonds is 5. The standard InChI is InChI=1S/C36H29N/c1-26-11-10-20-37-36(26)32-19-9-17-30(22-32)29-16-8-18-31(21-29)35-24-33(27-12-4-2-5-13-27)23-34(25-35)28-14-6-3-7-15-28/h2-19,21-25,37H,20H2,1H3. The molecule has 1 nitrogen and oxygen atoms in total. The van der Waals surface area contributed by atoms with Crippen LogP contribution in [0.25, 0.3) is 50.2 Å². The van der Waals surface area contributed by atoms with Crippen molar-refractivity contribution in [2.75, 3.05) is 6.54 Å². The van der Waals surface area contributed by atoms with Crippen LogP contribution in [0.4, 0.5) is 0 Å². The van der Waals surface area contributed by atoms with Gasteiger partial charge in [0.1, 0.15) is 0 Å². The second-order valence-corrected chi connectivity index (χ2v) is 9.53. The third-order valence-corrected chi connectivity index (χ3v) is 6.99. The van der Waals surface area contributed by atoms with Gasteiger partial charge in [-0.3, -0.25) is 0 Å². The summed E-state index contributed by atoms with van der Waals surface area (Å²) in [4.78, 5) is 0. The second kappa shape index (κ2) is 10.2. The van der Waals surface area contributed by atoms with Gasteiger partial charge >= 0.3 is 0 Å². The molecule has 0 saturated carbocycles. The quantitative estimate of drug-likeness (QED) is 0.267. The van der Waals surface area contributed by atoms with Gasteiger partial charge in [0.05, 0.1) is 0 Å². The van der Waals surface area contributed by atoms with E-state index in [0.717, 1.165) is 6.54 Å². The van der Waals surface area contributed by atoms with Crippen LogP contribution in [0.1, 0.15) is 12.5 Å². The number of nitrogens with one attached hydrogen (secondary N) is 1. The lowest BCUT2D eigenvalue weighted by Gasteiger charge is -2.17. The Kier molecular flexibility index (Phi) is 6.27. The topological polar surface area (TPSA) is 12.0 Å². The molecule has 1 aliphatic rings. The summed E-state index contributed by atoms with van der Waals surface area (Å²) in [5.74, 6) is 0. The maximum absolute atomic E-state index is 3.54. The molecule has 1 heterocycles. The Morgan fingerprint density at radius 2 is 0.838 bits per heavy atom. The van der Waals surface area contributed by atoms with Crippen molar-refractivity contribution in [1.82, 2.24) is 5.32 Å².